The zero-order valence-electron chi connectivity index (χ0n) is 12.9. The van der Waals surface area contributed by atoms with Crippen LogP contribution in [0.2, 0.25) is 5.02 Å². The van der Waals surface area contributed by atoms with E-state index in [2.05, 4.69) is 14.7 Å². The fourth-order valence-electron chi connectivity index (χ4n) is 2.73. The van der Waals surface area contributed by atoms with Crippen LogP contribution in [-0.2, 0) is 10.0 Å². The summed E-state index contributed by atoms with van der Waals surface area (Å²) in [4.78, 5) is 8.42. The van der Waals surface area contributed by atoms with Gasteiger partial charge in [-0.2, -0.15) is 0 Å². The van der Waals surface area contributed by atoms with Crippen molar-refractivity contribution < 1.29 is 13.5 Å². The van der Waals surface area contributed by atoms with Crippen LogP contribution in [0.3, 0.4) is 0 Å². The van der Waals surface area contributed by atoms with E-state index in [1.54, 1.807) is 12.1 Å². The molecule has 128 valence electrons. The number of nitrogens with one attached hydrogen (secondary N) is 1. The van der Waals surface area contributed by atoms with Gasteiger partial charge in [-0.25, -0.2) is 23.1 Å². The van der Waals surface area contributed by atoms with Crippen LogP contribution in [0, 0.1) is 0 Å². The smallest absolute Gasteiger partial charge is 0.240 e. The average molecular weight is 368 g/mol. The van der Waals surface area contributed by atoms with Crippen molar-refractivity contribution in [1.29, 1.82) is 0 Å². The Morgan fingerprint density at radius 3 is 2.21 bits per heavy atom. The molecular formula is C16H18ClN3O3S. The molecule has 0 aliphatic heterocycles. The molecule has 1 heterocycles. The number of aromatic nitrogens is 2. The molecule has 2 N–H and O–H groups in total. The lowest BCUT2D eigenvalue weighted by atomic mass is 9.94. The second-order valence-corrected chi connectivity index (χ2v) is 8.03. The molecule has 6 nitrogen and oxygen atoms in total. The van der Waals surface area contributed by atoms with Gasteiger partial charge in [-0.3, -0.25) is 0 Å². The van der Waals surface area contributed by atoms with E-state index < -0.39 is 10.0 Å². The largest absolute Gasteiger partial charge is 0.393 e. The molecular weight excluding hydrogens is 350 g/mol. The number of nitrogens with zero attached hydrogens (tertiary/aromatic N) is 2. The molecule has 1 aromatic heterocycles. The van der Waals surface area contributed by atoms with E-state index in [1.165, 1.54) is 24.5 Å². The van der Waals surface area contributed by atoms with Crippen LogP contribution in [0.25, 0.3) is 11.4 Å². The summed E-state index contributed by atoms with van der Waals surface area (Å²) in [7, 11) is -3.58. The van der Waals surface area contributed by atoms with Gasteiger partial charge in [-0.05, 0) is 49.9 Å². The van der Waals surface area contributed by atoms with Crippen LogP contribution in [0.5, 0.6) is 0 Å². The van der Waals surface area contributed by atoms with Crippen LogP contribution < -0.4 is 4.72 Å². The minimum absolute atomic E-state index is 0.127. The highest BCUT2D eigenvalue weighted by Crippen LogP contribution is 2.22. The van der Waals surface area contributed by atoms with E-state index in [9.17, 15) is 13.5 Å². The maximum Gasteiger partial charge on any atom is 0.240 e. The zero-order valence-corrected chi connectivity index (χ0v) is 14.5. The number of aliphatic hydroxyl groups is 1. The molecule has 1 aromatic carbocycles. The number of rotatable bonds is 4. The molecule has 0 atom stereocenters. The fourth-order valence-corrected chi connectivity index (χ4v) is 4.13. The van der Waals surface area contributed by atoms with Gasteiger partial charge in [0, 0.05) is 24.0 Å². The Balaban J connectivity index is 1.73. The van der Waals surface area contributed by atoms with Crippen molar-refractivity contribution >= 4 is 21.6 Å². The first-order valence-electron chi connectivity index (χ1n) is 7.72. The van der Waals surface area contributed by atoms with E-state index in [1.807, 2.05) is 0 Å². The lowest BCUT2D eigenvalue weighted by Crippen LogP contribution is -2.38. The monoisotopic (exact) mass is 367 g/mol. The number of hydrogen-bond acceptors (Lipinski definition) is 5. The Bertz CT molecular complexity index is 786. The molecule has 2 aromatic rings. The van der Waals surface area contributed by atoms with Crippen LogP contribution >= 0.6 is 11.6 Å². The van der Waals surface area contributed by atoms with Gasteiger partial charge in [0.2, 0.25) is 10.0 Å². The Hall–Kier alpha value is -1.54. The summed E-state index contributed by atoms with van der Waals surface area (Å²) in [5.41, 5.74) is 0.714. The quantitative estimate of drug-likeness (QED) is 0.865. The third kappa shape index (κ3) is 4.10. The van der Waals surface area contributed by atoms with Gasteiger partial charge in [-0.1, -0.05) is 11.6 Å². The highest BCUT2D eigenvalue weighted by Gasteiger charge is 2.24. The minimum atomic E-state index is -3.58. The Morgan fingerprint density at radius 2 is 1.62 bits per heavy atom. The maximum atomic E-state index is 12.5. The Morgan fingerprint density at radius 1 is 1.04 bits per heavy atom. The minimum Gasteiger partial charge on any atom is -0.393 e. The van der Waals surface area contributed by atoms with E-state index in [0.717, 1.165) is 0 Å². The molecule has 0 spiro atoms. The van der Waals surface area contributed by atoms with Crippen LogP contribution in [0.4, 0.5) is 0 Å². The SMILES string of the molecule is O=S(=O)(NC1CCC(O)CC1)c1ccc(-c2ncc(Cl)cn2)cc1. The maximum absolute atomic E-state index is 12.5. The molecule has 0 amide bonds. The molecule has 24 heavy (non-hydrogen) atoms. The molecule has 8 heteroatoms. The summed E-state index contributed by atoms with van der Waals surface area (Å²) in [6, 6.07) is 6.28. The summed E-state index contributed by atoms with van der Waals surface area (Å²) < 4.78 is 27.6. The van der Waals surface area contributed by atoms with Crippen molar-refractivity contribution in [3.05, 3.63) is 41.7 Å². The average Bonchev–Trinajstić information content (AvgIpc) is 2.58. The topological polar surface area (TPSA) is 92.2 Å². The summed E-state index contributed by atoms with van der Waals surface area (Å²) in [5.74, 6) is 0.484. The molecule has 1 aliphatic rings. The third-order valence-electron chi connectivity index (χ3n) is 4.06. The molecule has 0 radical (unpaired) electrons. The standard InChI is InChI=1S/C16H18ClN3O3S/c17-12-9-18-16(19-10-12)11-1-7-15(8-2-11)24(22,23)20-13-3-5-14(21)6-4-13/h1-2,7-10,13-14,20-21H,3-6H2. The van der Waals surface area contributed by atoms with Gasteiger partial charge in [0.15, 0.2) is 5.82 Å². The molecule has 0 bridgehead atoms. The van der Waals surface area contributed by atoms with E-state index in [-0.39, 0.29) is 17.0 Å². The van der Waals surface area contributed by atoms with Crippen LogP contribution in [0.15, 0.2) is 41.6 Å². The Labute approximate surface area is 146 Å². The van der Waals surface area contributed by atoms with Crippen LogP contribution in [0.1, 0.15) is 25.7 Å². The number of halogens is 1. The van der Waals surface area contributed by atoms with E-state index >= 15 is 0 Å². The first-order valence-corrected chi connectivity index (χ1v) is 9.58. The zero-order chi connectivity index (χ0) is 17.2. The molecule has 1 aliphatic carbocycles. The predicted octanol–water partition coefficient (Wildman–Crippen LogP) is 2.38. The highest BCUT2D eigenvalue weighted by atomic mass is 35.5. The van der Waals surface area contributed by atoms with E-state index in [4.69, 9.17) is 11.6 Å². The first-order chi connectivity index (χ1) is 11.4. The molecule has 1 saturated carbocycles. The van der Waals surface area contributed by atoms with Crippen molar-refractivity contribution in [2.24, 2.45) is 0 Å². The van der Waals surface area contributed by atoms with Gasteiger partial charge >= 0.3 is 0 Å². The third-order valence-corrected chi connectivity index (χ3v) is 5.79. The highest BCUT2D eigenvalue weighted by molar-refractivity contribution is 7.89. The van der Waals surface area contributed by atoms with Crippen molar-refractivity contribution in [2.45, 2.75) is 42.7 Å². The van der Waals surface area contributed by atoms with Crippen molar-refractivity contribution in [2.75, 3.05) is 0 Å². The predicted molar refractivity (Wildman–Crippen MR) is 91.1 cm³/mol. The summed E-state index contributed by atoms with van der Waals surface area (Å²) in [6.45, 7) is 0. The van der Waals surface area contributed by atoms with Gasteiger partial charge in [-0.15, -0.1) is 0 Å². The van der Waals surface area contributed by atoms with Gasteiger partial charge in [0.25, 0.3) is 0 Å². The number of sulfonamides is 1. The number of aliphatic hydroxyl groups excluding tert-OH is 1. The number of hydrogen-bond donors (Lipinski definition) is 2. The summed E-state index contributed by atoms with van der Waals surface area (Å²) in [6.07, 6.45) is 5.22. The molecule has 1 fully saturated rings. The Kier molecular flexibility index (Phi) is 5.15. The fraction of sp³-hybridized carbons (Fsp3) is 0.375. The molecule has 0 unspecified atom stereocenters. The molecule has 0 saturated heterocycles. The second kappa shape index (κ2) is 7.14. The van der Waals surface area contributed by atoms with Crippen molar-refractivity contribution in [1.82, 2.24) is 14.7 Å². The van der Waals surface area contributed by atoms with Gasteiger partial charge < -0.3 is 5.11 Å². The summed E-state index contributed by atoms with van der Waals surface area (Å²) >= 11 is 5.76. The van der Waals surface area contributed by atoms with Gasteiger partial charge in [0.05, 0.1) is 16.0 Å². The van der Waals surface area contributed by atoms with E-state index in [0.29, 0.717) is 42.1 Å². The summed E-state index contributed by atoms with van der Waals surface area (Å²) in [5, 5.41) is 9.95. The number of benzene rings is 1. The lowest BCUT2D eigenvalue weighted by Gasteiger charge is -2.25. The first kappa shape index (κ1) is 17.3. The lowest BCUT2D eigenvalue weighted by molar-refractivity contribution is 0.120. The normalized spacial score (nSPS) is 21.6. The van der Waals surface area contributed by atoms with Crippen molar-refractivity contribution in [3.8, 4) is 11.4 Å². The van der Waals surface area contributed by atoms with Crippen LogP contribution in [-0.4, -0.2) is 35.6 Å². The molecule has 3 rings (SSSR count). The second-order valence-electron chi connectivity index (χ2n) is 5.88. The van der Waals surface area contributed by atoms with Gasteiger partial charge in [0.1, 0.15) is 0 Å². The van der Waals surface area contributed by atoms with Crippen molar-refractivity contribution in [3.63, 3.8) is 0 Å².